The maximum absolute atomic E-state index is 12.1. The lowest BCUT2D eigenvalue weighted by Crippen LogP contribution is -2.04. The molecule has 25 heavy (non-hydrogen) atoms. The zero-order valence-electron chi connectivity index (χ0n) is 12.9. The van der Waals surface area contributed by atoms with Gasteiger partial charge in [0.25, 0.3) is 11.1 Å². The molecule has 0 aliphatic rings. The summed E-state index contributed by atoms with van der Waals surface area (Å²) < 4.78 is 39.1. The van der Waals surface area contributed by atoms with E-state index in [-0.39, 0.29) is 22.5 Å². The van der Waals surface area contributed by atoms with Gasteiger partial charge in [0, 0.05) is 5.56 Å². The quantitative estimate of drug-likeness (QED) is 0.458. The number of aromatic nitrogens is 2. The number of ketones is 1. The van der Waals surface area contributed by atoms with Gasteiger partial charge in [-0.25, -0.2) is 0 Å². The number of alkyl halides is 2. The minimum atomic E-state index is -2.90. The minimum Gasteiger partial charge on any atom is -0.469 e. The van der Waals surface area contributed by atoms with Crippen LogP contribution in [0.15, 0.2) is 50.7 Å². The summed E-state index contributed by atoms with van der Waals surface area (Å²) in [6.45, 7) is -1.13. The normalized spacial score (nSPS) is 11.0. The summed E-state index contributed by atoms with van der Waals surface area (Å²) in [7, 11) is 0. The van der Waals surface area contributed by atoms with Crippen molar-refractivity contribution in [2.45, 2.75) is 18.8 Å². The first-order valence-corrected chi connectivity index (χ1v) is 8.10. The lowest BCUT2D eigenvalue weighted by Gasteiger charge is -2.04. The van der Waals surface area contributed by atoms with Crippen LogP contribution >= 0.6 is 11.8 Å². The Hall–Kier alpha value is -2.68. The Morgan fingerprint density at radius 1 is 1.24 bits per heavy atom. The van der Waals surface area contributed by atoms with Crippen molar-refractivity contribution < 1.29 is 27.1 Å². The number of ether oxygens (including phenoxy) is 1. The molecule has 0 aliphatic carbocycles. The number of aryl methyl sites for hydroxylation is 1. The molecular formula is C16H12F2N2O4S. The number of furan rings is 1. The Bertz CT molecular complexity index is 861. The number of halogens is 2. The van der Waals surface area contributed by atoms with E-state index in [4.69, 9.17) is 8.83 Å². The number of rotatable bonds is 7. The molecule has 6 nitrogen and oxygen atoms in total. The van der Waals surface area contributed by atoms with Gasteiger partial charge in [-0.05, 0) is 37.3 Å². The van der Waals surface area contributed by atoms with Crippen molar-refractivity contribution in [1.29, 1.82) is 0 Å². The third kappa shape index (κ3) is 4.24. The Morgan fingerprint density at radius 2 is 2.00 bits per heavy atom. The van der Waals surface area contributed by atoms with Gasteiger partial charge in [-0.1, -0.05) is 11.8 Å². The summed E-state index contributed by atoms with van der Waals surface area (Å²) in [5.41, 5.74) is 1.07. The van der Waals surface area contributed by atoms with Crippen molar-refractivity contribution in [2.75, 3.05) is 5.75 Å². The van der Waals surface area contributed by atoms with Crippen molar-refractivity contribution in [3.8, 4) is 17.2 Å². The van der Waals surface area contributed by atoms with Crippen LogP contribution < -0.4 is 4.74 Å². The molecule has 0 bridgehead atoms. The van der Waals surface area contributed by atoms with Crippen LogP contribution in [0.25, 0.3) is 11.5 Å². The SMILES string of the molecule is Cc1occc1-c1nnc(SCC(=O)c2ccc(OC(F)F)cc2)o1. The number of benzene rings is 1. The summed E-state index contributed by atoms with van der Waals surface area (Å²) in [4.78, 5) is 12.1. The number of nitrogens with zero attached hydrogens (tertiary/aromatic N) is 2. The fraction of sp³-hybridized carbons (Fsp3) is 0.188. The Labute approximate surface area is 145 Å². The van der Waals surface area contributed by atoms with E-state index < -0.39 is 6.61 Å². The largest absolute Gasteiger partial charge is 0.469 e. The molecule has 0 atom stereocenters. The fourth-order valence-electron chi connectivity index (χ4n) is 2.02. The molecule has 0 saturated carbocycles. The Balaban J connectivity index is 1.59. The van der Waals surface area contributed by atoms with E-state index in [1.165, 1.54) is 30.5 Å². The third-order valence-electron chi connectivity index (χ3n) is 3.22. The molecule has 0 amide bonds. The second kappa shape index (κ2) is 7.47. The van der Waals surface area contributed by atoms with Gasteiger partial charge in [0.15, 0.2) is 5.78 Å². The molecule has 3 rings (SSSR count). The highest BCUT2D eigenvalue weighted by Crippen LogP contribution is 2.26. The molecule has 2 aromatic heterocycles. The summed E-state index contributed by atoms with van der Waals surface area (Å²) in [6, 6.07) is 7.20. The van der Waals surface area contributed by atoms with Crippen LogP contribution in [0.5, 0.6) is 5.75 Å². The number of carbonyl (C=O) groups excluding carboxylic acids is 1. The predicted molar refractivity (Wildman–Crippen MR) is 84.9 cm³/mol. The molecular weight excluding hydrogens is 354 g/mol. The summed E-state index contributed by atoms with van der Waals surface area (Å²) in [6.07, 6.45) is 1.52. The molecule has 0 unspecified atom stereocenters. The van der Waals surface area contributed by atoms with E-state index in [0.29, 0.717) is 22.8 Å². The fourth-order valence-corrected chi connectivity index (χ4v) is 2.67. The maximum Gasteiger partial charge on any atom is 0.387 e. The second-order valence-corrected chi connectivity index (χ2v) is 5.80. The number of thioether (sulfide) groups is 1. The van der Waals surface area contributed by atoms with Gasteiger partial charge in [-0.15, -0.1) is 10.2 Å². The van der Waals surface area contributed by atoms with Crippen molar-refractivity contribution in [1.82, 2.24) is 10.2 Å². The van der Waals surface area contributed by atoms with Gasteiger partial charge < -0.3 is 13.6 Å². The molecule has 0 spiro atoms. The first-order valence-electron chi connectivity index (χ1n) is 7.12. The Morgan fingerprint density at radius 3 is 2.64 bits per heavy atom. The molecule has 130 valence electrons. The van der Waals surface area contributed by atoms with Crippen molar-refractivity contribution in [3.05, 3.63) is 47.9 Å². The maximum atomic E-state index is 12.1. The molecule has 0 radical (unpaired) electrons. The van der Waals surface area contributed by atoms with Crippen LogP contribution in [-0.4, -0.2) is 28.3 Å². The van der Waals surface area contributed by atoms with E-state index in [2.05, 4.69) is 14.9 Å². The lowest BCUT2D eigenvalue weighted by molar-refractivity contribution is -0.0498. The van der Waals surface area contributed by atoms with E-state index in [0.717, 1.165) is 11.8 Å². The summed E-state index contributed by atoms with van der Waals surface area (Å²) >= 11 is 1.09. The zero-order valence-corrected chi connectivity index (χ0v) is 13.8. The minimum absolute atomic E-state index is 0.00349. The van der Waals surface area contributed by atoms with Crippen LogP contribution in [0, 0.1) is 6.92 Å². The topological polar surface area (TPSA) is 78.4 Å². The average Bonchev–Trinajstić information content (AvgIpc) is 3.21. The van der Waals surface area contributed by atoms with E-state index in [1.807, 2.05) is 0 Å². The lowest BCUT2D eigenvalue weighted by atomic mass is 10.1. The number of Topliss-reactive ketones (excluding diaryl/α,β-unsaturated/α-hetero) is 1. The number of hydrogen-bond donors (Lipinski definition) is 0. The molecule has 2 heterocycles. The van der Waals surface area contributed by atoms with E-state index in [9.17, 15) is 13.6 Å². The molecule has 0 N–H and O–H groups in total. The molecule has 1 aromatic carbocycles. The molecule has 0 saturated heterocycles. The van der Waals surface area contributed by atoms with Gasteiger partial charge in [0.2, 0.25) is 0 Å². The summed E-state index contributed by atoms with van der Waals surface area (Å²) in [5, 5.41) is 8.04. The van der Waals surface area contributed by atoms with Crippen LogP contribution in [0.4, 0.5) is 8.78 Å². The van der Waals surface area contributed by atoms with Gasteiger partial charge >= 0.3 is 6.61 Å². The first kappa shape index (κ1) is 17.2. The van der Waals surface area contributed by atoms with E-state index in [1.54, 1.807) is 13.0 Å². The van der Waals surface area contributed by atoms with Crippen LogP contribution in [0.1, 0.15) is 16.1 Å². The monoisotopic (exact) mass is 366 g/mol. The van der Waals surface area contributed by atoms with Gasteiger partial charge in [-0.3, -0.25) is 4.79 Å². The van der Waals surface area contributed by atoms with Crippen LogP contribution in [0.3, 0.4) is 0 Å². The standard InChI is InChI=1S/C16H12F2N2O4S/c1-9-12(6-7-22-9)14-19-20-16(24-14)25-8-13(21)10-2-4-11(5-3-10)23-15(17)18/h2-7,15H,8H2,1H3. The number of carbonyl (C=O) groups is 1. The van der Waals surface area contributed by atoms with Crippen molar-refractivity contribution in [2.24, 2.45) is 0 Å². The number of hydrogen-bond acceptors (Lipinski definition) is 7. The zero-order chi connectivity index (χ0) is 17.8. The smallest absolute Gasteiger partial charge is 0.387 e. The predicted octanol–water partition coefficient (Wildman–Crippen LogP) is 4.21. The van der Waals surface area contributed by atoms with Gasteiger partial charge in [0.05, 0.1) is 17.6 Å². The third-order valence-corrected chi connectivity index (χ3v) is 4.04. The molecule has 9 heteroatoms. The molecule has 0 aliphatic heterocycles. The molecule has 0 fully saturated rings. The van der Waals surface area contributed by atoms with E-state index >= 15 is 0 Å². The highest BCUT2D eigenvalue weighted by molar-refractivity contribution is 7.99. The summed E-state index contributed by atoms with van der Waals surface area (Å²) in [5.74, 6) is 0.835. The highest BCUT2D eigenvalue weighted by Gasteiger charge is 2.15. The first-order chi connectivity index (χ1) is 12.0. The van der Waals surface area contributed by atoms with Crippen LogP contribution in [-0.2, 0) is 0 Å². The molecule has 3 aromatic rings. The van der Waals surface area contributed by atoms with Crippen LogP contribution in [0.2, 0.25) is 0 Å². The highest BCUT2D eigenvalue weighted by atomic mass is 32.2. The Kier molecular flexibility index (Phi) is 5.13. The average molecular weight is 366 g/mol. The van der Waals surface area contributed by atoms with Gasteiger partial charge in [-0.2, -0.15) is 8.78 Å². The van der Waals surface area contributed by atoms with Gasteiger partial charge in [0.1, 0.15) is 11.5 Å². The van der Waals surface area contributed by atoms with Crippen molar-refractivity contribution >= 4 is 17.5 Å². The van der Waals surface area contributed by atoms with Crippen molar-refractivity contribution in [3.63, 3.8) is 0 Å². The second-order valence-electron chi connectivity index (χ2n) is 4.88.